The number of hydrogen-bond donors (Lipinski definition) is 1. The van der Waals surface area contributed by atoms with Gasteiger partial charge >= 0.3 is 5.97 Å². The van der Waals surface area contributed by atoms with Crippen molar-refractivity contribution in [3.8, 4) is 0 Å². The SMILES string of the molecule is CCCN1C(=O)COC(C(=O)O)C1c1cscn1. The van der Waals surface area contributed by atoms with Gasteiger partial charge in [-0.3, -0.25) is 4.79 Å². The number of morpholine rings is 1. The summed E-state index contributed by atoms with van der Waals surface area (Å²) in [5, 5.41) is 10.9. The van der Waals surface area contributed by atoms with Crippen LogP contribution in [0.15, 0.2) is 10.9 Å². The number of aromatic nitrogens is 1. The molecule has 1 aromatic rings. The van der Waals surface area contributed by atoms with Crippen molar-refractivity contribution in [2.75, 3.05) is 13.2 Å². The molecule has 98 valence electrons. The molecule has 2 heterocycles. The zero-order valence-electron chi connectivity index (χ0n) is 9.91. The Bertz CT molecular complexity index is 434. The third-order valence-corrected chi connectivity index (χ3v) is 3.40. The van der Waals surface area contributed by atoms with E-state index in [1.165, 1.54) is 11.3 Å². The molecule has 1 fully saturated rings. The second-order valence-electron chi connectivity index (χ2n) is 4.02. The number of ether oxygens (including phenoxy) is 1. The highest BCUT2D eigenvalue weighted by molar-refractivity contribution is 7.07. The van der Waals surface area contributed by atoms with E-state index in [0.717, 1.165) is 6.42 Å². The highest BCUT2D eigenvalue weighted by Gasteiger charge is 2.42. The van der Waals surface area contributed by atoms with E-state index in [-0.39, 0.29) is 12.5 Å². The van der Waals surface area contributed by atoms with E-state index in [9.17, 15) is 14.7 Å². The Morgan fingerprint density at radius 2 is 2.50 bits per heavy atom. The summed E-state index contributed by atoms with van der Waals surface area (Å²) in [5.41, 5.74) is 2.20. The second-order valence-corrected chi connectivity index (χ2v) is 4.73. The van der Waals surface area contributed by atoms with Gasteiger partial charge in [-0.25, -0.2) is 9.78 Å². The molecule has 6 nitrogen and oxygen atoms in total. The van der Waals surface area contributed by atoms with Gasteiger partial charge in [0.1, 0.15) is 12.6 Å². The summed E-state index contributed by atoms with van der Waals surface area (Å²) in [6, 6.07) is -0.630. The van der Waals surface area contributed by atoms with Gasteiger partial charge in [-0.1, -0.05) is 6.92 Å². The lowest BCUT2D eigenvalue weighted by Crippen LogP contribution is -2.52. The van der Waals surface area contributed by atoms with Crippen LogP contribution in [0.25, 0.3) is 0 Å². The van der Waals surface area contributed by atoms with Crippen LogP contribution in [0.3, 0.4) is 0 Å². The Morgan fingerprint density at radius 1 is 1.72 bits per heavy atom. The fraction of sp³-hybridized carbons (Fsp3) is 0.545. The van der Waals surface area contributed by atoms with Crippen molar-refractivity contribution in [1.82, 2.24) is 9.88 Å². The molecule has 18 heavy (non-hydrogen) atoms. The van der Waals surface area contributed by atoms with Crippen LogP contribution in [-0.2, 0) is 14.3 Å². The van der Waals surface area contributed by atoms with Gasteiger partial charge in [0.25, 0.3) is 0 Å². The summed E-state index contributed by atoms with van der Waals surface area (Å²) in [4.78, 5) is 28.7. The Kier molecular flexibility index (Phi) is 3.93. The number of aliphatic carboxylic acids is 1. The highest BCUT2D eigenvalue weighted by Crippen LogP contribution is 2.30. The minimum atomic E-state index is -1.07. The van der Waals surface area contributed by atoms with Crippen LogP contribution in [0.5, 0.6) is 0 Å². The van der Waals surface area contributed by atoms with E-state index in [0.29, 0.717) is 12.2 Å². The molecule has 1 saturated heterocycles. The quantitative estimate of drug-likeness (QED) is 0.879. The fourth-order valence-electron chi connectivity index (χ4n) is 2.05. The molecule has 1 aliphatic heterocycles. The molecule has 0 bridgehead atoms. The van der Waals surface area contributed by atoms with E-state index in [1.54, 1.807) is 15.8 Å². The molecule has 1 aromatic heterocycles. The smallest absolute Gasteiger partial charge is 0.335 e. The standard InChI is InChI=1S/C11H14N2O4S/c1-2-3-13-8(14)4-17-10(11(15)16)9(13)7-5-18-6-12-7/h5-6,9-10H,2-4H2,1H3,(H,15,16). The molecule has 0 aromatic carbocycles. The maximum atomic E-state index is 11.8. The van der Waals surface area contributed by atoms with Crippen LogP contribution >= 0.6 is 11.3 Å². The molecule has 0 aliphatic carbocycles. The van der Waals surface area contributed by atoms with Crippen LogP contribution in [0.2, 0.25) is 0 Å². The van der Waals surface area contributed by atoms with Crippen LogP contribution < -0.4 is 0 Å². The number of amides is 1. The normalized spacial score (nSPS) is 24.3. The molecule has 7 heteroatoms. The number of carboxylic acid groups (broad SMARTS) is 1. The molecular formula is C11H14N2O4S. The minimum Gasteiger partial charge on any atom is -0.479 e. The maximum Gasteiger partial charge on any atom is 0.335 e. The zero-order chi connectivity index (χ0) is 13.1. The van der Waals surface area contributed by atoms with Crippen LogP contribution in [0.1, 0.15) is 25.1 Å². The summed E-state index contributed by atoms with van der Waals surface area (Å²) >= 11 is 1.37. The number of carbonyl (C=O) groups excluding carboxylic acids is 1. The van der Waals surface area contributed by atoms with Gasteiger partial charge in [0.2, 0.25) is 5.91 Å². The van der Waals surface area contributed by atoms with Crippen molar-refractivity contribution in [3.63, 3.8) is 0 Å². The Hall–Kier alpha value is -1.47. The summed E-state index contributed by atoms with van der Waals surface area (Å²) < 4.78 is 5.14. The largest absolute Gasteiger partial charge is 0.479 e. The van der Waals surface area contributed by atoms with Gasteiger partial charge in [0.05, 0.1) is 11.2 Å². The summed E-state index contributed by atoms with van der Waals surface area (Å²) in [6.45, 7) is 2.27. The van der Waals surface area contributed by atoms with Gasteiger partial charge in [-0.05, 0) is 6.42 Å². The number of rotatable bonds is 4. The average molecular weight is 270 g/mol. The molecular weight excluding hydrogens is 256 g/mol. The third-order valence-electron chi connectivity index (χ3n) is 2.79. The average Bonchev–Trinajstić information content (AvgIpc) is 2.84. The predicted octanol–water partition coefficient (Wildman–Crippen LogP) is 0.906. The lowest BCUT2D eigenvalue weighted by molar-refractivity contribution is -0.173. The van der Waals surface area contributed by atoms with Crippen LogP contribution in [0.4, 0.5) is 0 Å². The van der Waals surface area contributed by atoms with Crippen LogP contribution in [0, 0.1) is 0 Å². The number of carbonyl (C=O) groups is 2. The molecule has 0 saturated carbocycles. The summed E-state index contributed by atoms with van der Waals surface area (Å²) in [5.74, 6) is -1.26. The van der Waals surface area contributed by atoms with E-state index in [4.69, 9.17) is 4.74 Å². The summed E-state index contributed by atoms with van der Waals surface area (Å²) in [6.07, 6.45) is -0.282. The Balaban J connectivity index is 2.34. The highest BCUT2D eigenvalue weighted by atomic mass is 32.1. The predicted molar refractivity (Wildman–Crippen MR) is 64.2 cm³/mol. The van der Waals surface area contributed by atoms with Gasteiger partial charge in [0.15, 0.2) is 6.10 Å². The van der Waals surface area contributed by atoms with Crippen molar-refractivity contribution in [3.05, 3.63) is 16.6 Å². The number of nitrogens with zero attached hydrogens (tertiary/aromatic N) is 2. The van der Waals surface area contributed by atoms with Crippen molar-refractivity contribution >= 4 is 23.2 Å². The molecule has 0 spiro atoms. The lowest BCUT2D eigenvalue weighted by Gasteiger charge is -2.38. The van der Waals surface area contributed by atoms with Gasteiger partial charge in [0, 0.05) is 11.9 Å². The molecule has 1 amide bonds. The van der Waals surface area contributed by atoms with Gasteiger partial charge in [-0.2, -0.15) is 0 Å². The first-order valence-electron chi connectivity index (χ1n) is 5.67. The first kappa shape index (κ1) is 13.0. The molecule has 1 aliphatic rings. The van der Waals surface area contributed by atoms with Crippen molar-refractivity contribution in [1.29, 1.82) is 0 Å². The van der Waals surface area contributed by atoms with Crippen molar-refractivity contribution in [2.24, 2.45) is 0 Å². The number of hydrogen-bond acceptors (Lipinski definition) is 5. The first-order valence-corrected chi connectivity index (χ1v) is 6.61. The Morgan fingerprint density at radius 3 is 3.06 bits per heavy atom. The monoisotopic (exact) mass is 270 g/mol. The maximum absolute atomic E-state index is 11.8. The van der Waals surface area contributed by atoms with E-state index >= 15 is 0 Å². The third kappa shape index (κ3) is 2.37. The minimum absolute atomic E-state index is 0.183. The van der Waals surface area contributed by atoms with Gasteiger partial charge < -0.3 is 14.7 Å². The first-order chi connectivity index (χ1) is 8.65. The van der Waals surface area contributed by atoms with E-state index < -0.39 is 18.1 Å². The Labute approximate surface area is 108 Å². The van der Waals surface area contributed by atoms with E-state index in [2.05, 4.69) is 4.98 Å². The van der Waals surface area contributed by atoms with Crippen molar-refractivity contribution in [2.45, 2.75) is 25.5 Å². The van der Waals surface area contributed by atoms with Gasteiger partial charge in [-0.15, -0.1) is 11.3 Å². The number of carboxylic acids is 1. The molecule has 2 atom stereocenters. The number of thiazole rings is 1. The molecule has 2 rings (SSSR count). The van der Waals surface area contributed by atoms with Crippen LogP contribution in [-0.4, -0.2) is 46.1 Å². The topological polar surface area (TPSA) is 79.7 Å². The lowest BCUT2D eigenvalue weighted by atomic mass is 10.0. The second kappa shape index (κ2) is 5.45. The molecule has 1 N–H and O–H groups in total. The van der Waals surface area contributed by atoms with E-state index in [1.807, 2.05) is 6.92 Å². The molecule has 0 radical (unpaired) electrons. The molecule has 2 unspecified atom stereocenters. The summed E-state index contributed by atoms with van der Waals surface area (Å²) in [7, 11) is 0. The fourth-order valence-corrected chi connectivity index (χ4v) is 2.63. The van der Waals surface area contributed by atoms with Crippen molar-refractivity contribution < 1.29 is 19.4 Å². The zero-order valence-corrected chi connectivity index (χ0v) is 10.7.